The van der Waals surface area contributed by atoms with Crippen molar-refractivity contribution < 1.29 is 9.47 Å². The minimum atomic E-state index is -0.0910. The molecule has 0 saturated carbocycles. The second kappa shape index (κ2) is 10.00. The fourth-order valence-corrected chi connectivity index (χ4v) is 6.89. The van der Waals surface area contributed by atoms with E-state index in [-0.39, 0.29) is 12.2 Å². The van der Waals surface area contributed by atoms with E-state index in [0.29, 0.717) is 0 Å². The Kier molecular flexibility index (Phi) is 5.67. The highest BCUT2D eigenvalue weighted by Gasteiger charge is 2.29. The van der Waals surface area contributed by atoms with Crippen LogP contribution in [0, 0.1) is 0 Å². The van der Waals surface area contributed by atoms with Gasteiger partial charge in [-0.05, 0) is 102 Å². The first-order valence-electron chi connectivity index (χ1n) is 15.2. The molecule has 7 aromatic rings. The summed E-state index contributed by atoms with van der Waals surface area (Å²) in [5.74, 6) is 1.58. The highest BCUT2D eigenvalue weighted by molar-refractivity contribution is 6.21. The van der Waals surface area contributed by atoms with Gasteiger partial charge < -0.3 is 9.47 Å². The third-order valence-electron chi connectivity index (χ3n) is 8.96. The monoisotopic (exact) mass is 564 g/mol. The Hall–Kier alpha value is -5.60. The van der Waals surface area contributed by atoms with Crippen molar-refractivity contribution in [1.82, 2.24) is 0 Å². The van der Waals surface area contributed by atoms with Crippen molar-refractivity contribution >= 4 is 32.3 Å². The van der Waals surface area contributed by atoms with Crippen molar-refractivity contribution in [2.24, 2.45) is 0 Å². The summed E-state index contributed by atoms with van der Waals surface area (Å²) < 4.78 is 12.5. The summed E-state index contributed by atoms with van der Waals surface area (Å²) >= 11 is 0. The maximum atomic E-state index is 6.29. The number of benzene rings is 7. The van der Waals surface area contributed by atoms with E-state index >= 15 is 0 Å². The normalized spacial score (nSPS) is 16.8. The van der Waals surface area contributed by atoms with Crippen molar-refractivity contribution in [1.29, 1.82) is 0 Å². The van der Waals surface area contributed by atoms with E-state index in [1.54, 1.807) is 0 Å². The average molecular weight is 565 g/mol. The maximum Gasteiger partial charge on any atom is 0.162 e. The molecule has 0 radical (unpaired) electrons. The van der Waals surface area contributed by atoms with Gasteiger partial charge in [-0.2, -0.15) is 0 Å². The lowest BCUT2D eigenvalue weighted by molar-refractivity contribution is 0.0757. The Morgan fingerprint density at radius 2 is 0.841 bits per heavy atom. The number of hydrogen-bond acceptors (Lipinski definition) is 2. The number of fused-ring (bicyclic) bond motifs is 5. The van der Waals surface area contributed by atoms with Gasteiger partial charge in [0.2, 0.25) is 0 Å². The van der Waals surface area contributed by atoms with Gasteiger partial charge in [-0.15, -0.1) is 0 Å². The summed E-state index contributed by atoms with van der Waals surface area (Å²) in [5.41, 5.74) is 7.29. The van der Waals surface area contributed by atoms with E-state index in [1.807, 2.05) is 24.3 Å². The molecule has 208 valence electrons. The first-order valence-corrected chi connectivity index (χ1v) is 15.2. The van der Waals surface area contributed by atoms with E-state index < -0.39 is 0 Å². The van der Waals surface area contributed by atoms with Crippen molar-refractivity contribution in [3.63, 3.8) is 0 Å². The molecule has 44 heavy (non-hydrogen) atoms. The van der Waals surface area contributed by atoms with E-state index in [4.69, 9.17) is 9.47 Å². The first kappa shape index (κ1) is 24.9. The second-order valence-electron chi connectivity index (χ2n) is 11.6. The summed E-state index contributed by atoms with van der Waals surface area (Å²) in [6, 6.07) is 48.2. The number of ether oxygens (including phenoxy) is 2. The van der Waals surface area contributed by atoms with E-state index in [9.17, 15) is 0 Å². The molecule has 2 heteroatoms. The predicted molar refractivity (Wildman–Crippen MR) is 182 cm³/mol. The van der Waals surface area contributed by atoms with Crippen LogP contribution in [0.3, 0.4) is 0 Å². The van der Waals surface area contributed by atoms with E-state index in [2.05, 4.69) is 133 Å². The molecular formula is C42H28O2. The highest BCUT2D eigenvalue weighted by atomic mass is 16.6. The van der Waals surface area contributed by atoms with Crippen molar-refractivity contribution in [3.05, 3.63) is 158 Å². The lowest BCUT2D eigenvalue weighted by Crippen LogP contribution is -2.37. The molecular weight excluding hydrogens is 536 g/mol. The zero-order valence-corrected chi connectivity index (χ0v) is 24.0. The van der Waals surface area contributed by atoms with Gasteiger partial charge in [-0.3, -0.25) is 0 Å². The number of rotatable bonds is 3. The predicted octanol–water partition coefficient (Wildman–Crippen LogP) is 10.8. The molecule has 0 aromatic heterocycles. The van der Waals surface area contributed by atoms with Gasteiger partial charge in [0.05, 0.1) is 0 Å². The van der Waals surface area contributed by atoms with E-state index in [1.165, 1.54) is 54.6 Å². The van der Waals surface area contributed by atoms with Crippen LogP contribution in [0.15, 0.2) is 158 Å². The van der Waals surface area contributed by atoms with Crippen LogP contribution < -0.4 is 9.47 Å². The van der Waals surface area contributed by atoms with Gasteiger partial charge in [0.1, 0.15) is 0 Å². The van der Waals surface area contributed by atoms with E-state index in [0.717, 1.165) is 22.6 Å². The van der Waals surface area contributed by atoms with Crippen molar-refractivity contribution in [2.75, 3.05) is 0 Å². The third kappa shape index (κ3) is 4.03. The SMILES string of the molecule is C1=CC2Oc3ccc(-c4ccc5cc(-c6c7ccccc7c(-c7ccccc7)c7ccccc67)ccc5c4)cc3OC2C=C1. The summed E-state index contributed by atoms with van der Waals surface area (Å²) in [6.07, 6.45) is 7.95. The summed E-state index contributed by atoms with van der Waals surface area (Å²) in [5, 5.41) is 7.49. The lowest BCUT2D eigenvalue weighted by Gasteiger charge is -2.32. The van der Waals surface area contributed by atoms with Crippen LogP contribution in [0.2, 0.25) is 0 Å². The molecule has 2 aliphatic rings. The van der Waals surface area contributed by atoms with Crippen LogP contribution in [0.1, 0.15) is 0 Å². The topological polar surface area (TPSA) is 18.5 Å². The second-order valence-corrected chi connectivity index (χ2v) is 11.6. The molecule has 0 N–H and O–H groups in total. The molecule has 0 bridgehead atoms. The smallest absolute Gasteiger partial charge is 0.162 e. The molecule has 9 rings (SSSR count). The molecule has 7 aromatic carbocycles. The van der Waals surface area contributed by atoms with Gasteiger partial charge >= 0.3 is 0 Å². The zero-order valence-electron chi connectivity index (χ0n) is 24.0. The maximum absolute atomic E-state index is 6.29. The Morgan fingerprint density at radius 3 is 1.48 bits per heavy atom. The van der Waals surface area contributed by atoms with Crippen LogP contribution in [0.25, 0.3) is 65.7 Å². The summed E-state index contributed by atoms with van der Waals surface area (Å²) in [4.78, 5) is 0. The number of hydrogen-bond donors (Lipinski definition) is 0. The molecule has 0 saturated heterocycles. The Bertz CT molecular complexity index is 2240. The van der Waals surface area contributed by atoms with Crippen LogP contribution in [-0.2, 0) is 0 Å². The first-order chi connectivity index (χ1) is 21.8. The summed E-state index contributed by atoms with van der Waals surface area (Å²) in [6.45, 7) is 0. The molecule has 1 aliphatic carbocycles. The summed E-state index contributed by atoms with van der Waals surface area (Å²) in [7, 11) is 0. The van der Waals surface area contributed by atoms with Crippen LogP contribution in [-0.4, -0.2) is 12.2 Å². The minimum Gasteiger partial charge on any atom is -0.478 e. The Labute approximate surface area is 256 Å². The van der Waals surface area contributed by atoms with Gasteiger partial charge in [0.15, 0.2) is 23.7 Å². The van der Waals surface area contributed by atoms with Gasteiger partial charge in [0, 0.05) is 0 Å². The average Bonchev–Trinajstić information content (AvgIpc) is 3.09. The Morgan fingerprint density at radius 1 is 0.364 bits per heavy atom. The molecule has 1 heterocycles. The van der Waals surface area contributed by atoms with Gasteiger partial charge in [0.25, 0.3) is 0 Å². The lowest BCUT2D eigenvalue weighted by atomic mass is 9.85. The Balaban J connectivity index is 1.15. The minimum absolute atomic E-state index is 0.0722. The molecule has 0 spiro atoms. The molecule has 0 fully saturated rings. The molecule has 2 atom stereocenters. The quantitative estimate of drug-likeness (QED) is 0.199. The largest absolute Gasteiger partial charge is 0.478 e. The van der Waals surface area contributed by atoms with Gasteiger partial charge in [-0.25, -0.2) is 0 Å². The molecule has 1 aliphatic heterocycles. The van der Waals surface area contributed by atoms with Crippen LogP contribution >= 0.6 is 0 Å². The zero-order chi connectivity index (χ0) is 29.0. The molecule has 2 nitrogen and oxygen atoms in total. The molecule has 2 unspecified atom stereocenters. The van der Waals surface area contributed by atoms with Crippen LogP contribution in [0.4, 0.5) is 0 Å². The third-order valence-corrected chi connectivity index (χ3v) is 8.96. The van der Waals surface area contributed by atoms with Gasteiger partial charge in [-0.1, -0.05) is 121 Å². The van der Waals surface area contributed by atoms with Crippen molar-refractivity contribution in [3.8, 4) is 44.9 Å². The number of allylic oxidation sites excluding steroid dienone is 2. The van der Waals surface area contributed by atoms with Crippen molar-refractivity contribution in [2.45, 2.75) is 12.2 Å². The fourth-order valence-electron chi connectivity index (χ4n) is 6.89. The standard InChI is InChI=1S/C42H28O2/c1-2-10-27(11-3-1)41-33-12-4-6-14-35(33)42(36-15-7-5-13-34(36)41)32-21-20-28-24-29(18-19-30(28)25-32)31-22-23-39-40(26-31)44-38-17-9-8-16-37(38)43-39/h1-26,37-38H. The molecule has 0 amide bonds. The van der Waals surface area contributed by atoms with Crippen LogP contribution in [0.5, 0.6) is 11.5 Å². The highest BCUT2D eigenvalue weighted by Crippen LogP contribution is 2.44. The fraction of sp³-hybridized carbons (Fsp3) is 0.0476.